The van der Waals surface area contributed by atoms with E-state index < -0.39 is 0 Å². The molecule has 0 fully saturated rings. The highest BCUT2D eigenvalue weighted by molar-refractivity contribution is 6.02. The maximum Gasteiger partial charge on any atom is 0.275 e. The van der Waals surface area contributed by atoms with Gasteiger partial charge in [0.2, 0.25) is 5.82 Å². The van der Waals surface area contributed by atoms with Crippen molar-refractivity contribution in [3.8, 4) is 22.8 Å². The molecular weight excluding hydrogens is 349 g/mol. The lowest BCUT2D eigenvalue weighted by molar-refractivity contribution is 0.102. The van der Waals surface area contributed by atoms with Crippen molar-refractivity contribution in [3.05, 3.63) is 78.6 Å². The summed E-state index contributed by atoms with van der Waals surface area (Å²) in [6, 6.07) is 12.8. The molecule has 0 aliphatic rings. The maximum atomic E-state index is 13.0. The fourth-order valence-corrected chi connectivity index (χ4v) is 2.40. The molecule has 0 saturated heterocycles. The lowest BCUT2D eigenvalue weighted by Gasteiger charge is -2.05. The molecule has 1 N–H and O–H groups in total. The summed E-state index contributed by atoms with van der Waals surface area (Å²) in [6.07, 6.45) is 4.32. The summed E-state index contributed by atoms with van der Waals surface area (Å²) in [5.74, 6) is -0.0886. The Kier molecular flexibility index (Phi) is 4.36. The Morgan fingerprint density at radius 2 is 1.89 bits per heavy atom. The van der Waals surface area contributed by atoms with Crippen LogP contribution in [-0.4, -0.2) is 26.0 Å². The van der Waals surface area contributed by atoms with E-state index in [1.807, 2.05) is 0 Å². The van der Waals surface area contributed by atoms with Gasteiger partial charge in [-0.15, -0.1) is 0 Å². The van der Waals surface area contributed by atoms with Crippen LogP contribution in [0.25, 0.3) is 22.8 Å². The third-order valence-corrected chi connectivity index (χ3v) is 3.69. The SMILES string of the molecule is O=C(Nc1cccc(-c2noc(-c3ccc(F)cc3)n2)c1)c1cnccn1. The molecule has 7 nitrogen and oxygen atoms in total. The summed E-state index contributed by atoms with van der Waals surface area (Å²) in [4.78, 5) is 24.3. The number of hydrogen-bond acceptors (Lipinski definition) is 6. The van der Waals surface area contributed by atoms with Crippen molar-refractivity contribution in [1.82, 2.24) is 20.1 Å². The molecule has 0 radical (unpaired) electrons. The van der Waals surface area contributed by atoms with Crippen molar-refractivity contribution in [2.75, 3.05) is 5.32 Å². The van der Waals surface area contributed by atoms with Gasteiger partial charge in [0.25, 0.3) is 11.8 Å². The van der Waals surface area contributed by atoms with E-state index in [1.165, 1.54) is 30.7 Å². The molecule has 4 aromatic rings. The first-order valence-electron chi connectivity index (χ1n) is 7.96. The highest BCUT2D eigenvalue weighted by Gasteiger charge is 2.12. The van der Waals surface area contributed by atoms with Gasteiger partial charge in [-0.25, -0.2) is 9.37 Å². The van der Waals surface area contributed by atoms with Gasteiger partial charge in [0.1, 0.15) is 11.5 Å². The van der Waals surface area contributed by atoms with E-state index >= 15 is 0 Å². The van der Waals surface area contributed by atoms with Gasteiger partial charge in [-0.3, -0.25) is 9.78 Å². The predicted octanol–water partition coefficient (Wildman–Crippen LogP) is 3.59. The molecule has 0 spiro atoms. The fraction of sp³-hybridized carbons (Fsp3) is 0. The van der Waals surface area contributed by atoms with E-state index in [1.54, 1.807) is 36.4 Å². The van der Waals surface area contributed by atoms with Gasteiger partial charge in [-0.1, -0.05) is 17.3 Å². The van der Waals surface area contributed by atoms with Gasteiger partial charge in [0, 0.05) is 29.2 Å². The topological polar surface area (TPSA) is 93.8 Å². The Balaban J connectivity index is 1.56. The Morgan fingerprint density at radius 1 is 1.04 bits per heavy atom. The zero-order valence-corrected chi connectivity index (χ0v) is 13.8. The molecular formula is C19H12FN5O2. The monoisotopic (exact) mass is 361 g/mol. The largest absolute Gasteiger partial charge is 0.334 e. The second-order valence-electron chi connectivity index (χ2n) is 5.56. The maximum absolute atomic E-state index is 13.0. The number of anilines is 1. The first-order valence-corrected chi connectivity index (χ1v) is 7.96. The summed E-state index contributed by atoms with van der Waals surface area (Å²) >= 11 is 0. The van der Waals surface area contributed by atoms with Crippen LogP contribution < -0.4 is 5.32 Å². The number of rotatable bonds is 4. The Labute approximate surface area is 152 Å². The van der Waals surface area contributed by atoms with E-state index in [4.69, 9.17) is 4.52 Å². The van der Waals surface area contributed by atoms with E-state index in [0.717, 1.165) is 0 Å². The summed E-state index contributed by atoms with van der Waals surface area (Å²) in [7, 11) is 0. The lowest BCUT2D eigenvalue weighted by Crippen LogP contribution is -2.13. The van der Waals surface area contributed by atoms with Crippen LogP contribution in [0.3, 0.4) is 0 Å². The molecule has 0 aliphatic heterocycles. The highest BCUT2D eigenvalue weighted by atomic mass is 19.1. The number of halogens is 1. The number of aromatic nitrogens is 4. The van der Waals surface area contributed by atoms with Crippen LogP contribution in [0.4, 0.5) is 10.1 Å². The summed E-state index contributed by atoms with van der Waals surface area (Å²) in [5, 5.41) is 6.69. The molecule has 8 heteroatoms. The molecule has 0 saturated carbocycles. The number of benzene rings is 2. The number of amides is 1. The zero-order chi connectivity index (χ0) is 18.6. The van der Waals surface area contributed by atoms with Crippen molar-refractivity contribution >= 4 is 11.6 Å². The van der Waals surface area contributed by atoms with Crippen LogP contribution in [0.5, 0.6) is 0 Å². The molecule has 132 valence electrons. The third kappa shape index (κ3) is 3.69. The van der Waals surface area contributed by atoms with Crippen LogP contribution in [0.1, 0.15) is 10.5 Å². The van der Waals surface area contributed by atoms with Crippen LogP contribution in [-0.2, 0) is 0 Å². The number of nitrogens with zero attached hydrogens (tertiary/aromatic N) is 4. The minimum Gasteiger partial charge on any atom is -0.334 e. The molecule has 0 aliphatic carbocycles. The lowest BCUT2D eigenvalue weighted by atomic mass is 10.2. The Hall–Kier alpha value is -3.94. The molecule has 2 heterocycles. The summed E-state index contributed by atoms with van der Waals surface area (Å²) < 4.78 is 18.3. The first-order chi connectivity index (χ1) is 13.2. The molecule has 1 amide bonds. The van der Waals surface area contributed by atoms with Gasteiger partial charge < -0.3 is 9.84 Å². The Morgan fingerprint density at radius 3 is 2.67 bits per heavy atom. The van der Waals surface area contributed by atoms with Crippen molar-refractivity contribution in [2.24, 2.45) is 0 Å². The van der Waals surface area contributed by atoms with E-state index in [-0.39, 0.29) is 23.3 Å². The number of carbonyl (C=O) groups is 1. The highest BCUT2D eigenvalue weighted by Crippen LogP contribution is 2.24. The number of hydrogen-bond donors (Lipinski definition) is 1. The third-order valence-electron chi connectivity index (χ3n) is 3.69. The minimum absolute atomic E-state index is 0.209. The van der Waals surface area contributed by atoms with Crippen LogP contribution in [0, 0.1) is 5.82 Å². The van der Waals surface area contributed by atoms with Crippen LogP contribution in [0.15, 0.2) is 71.6 Å². The van der Waals surface area contributed by atoms with Gasteiger partial charge in [-0.05, 0) is 36.4 Å². The standard InChI is InChI=1S/C19H12FN5O2/c20-14-6-4-12(5-7-14)19-24-17(25-27-19)13-2-1-3-15(10-13)23-18(26)16-11-21-8-9-22-16/h1-11H,(H,23,26). The van der Waals surface area contributed by atoms with Gasteiger partial charge in [-0.2, -0.15) is 4.98 Å². The normalized spacial score (nSPS) is 10.6. The molecule has 4 rings (SSSR count). The van der Waals surface area contributed by atoms with Crippen molar-refractivity contribution < 1.29 is 13.7 Å². The summed E-state index contributed by atoms with van der Waals surface area (Å²) in [5.41, 5.74) is 2.03. The van der Waals surface area contributed by atoms with Gasteiger partial charge in [0.15, 0.2) is 0 Å². The average Bonchev–Trinajstić information content (AvgIpc) is 3.20. The fourth-order valence-electron chi connectivity index (χ4n) is 2.40. The average molecular weight is 361 g/mol. The van der Waals surface area contributed by atoms with Gasteiger partial charge in [0.05, 0.1) is 6.20 Å². The Bertz CT molecular complexity index is 1080. The van der Waals surface area contributed by atoms with E-state index in [9.17, 15) is 9.18 Å². The second-order valence-corrected chi connectivity index (χ2v) is 5.56. The van der Waals surface area contributed by atoms with Gasteiger partial charge >= 0.3 is 0 Å². The smallest absolute Gasteiger partial charge is 0.275 e. The molecule has 2 aromatic carbocycles. The van der Waals surface area contributed by atoms with E-state index in [0.29, 0.717) is 22.6 Å². The molecule has 0 unspecified atom stereocenters. The van der Waals surface area contributed by atoms with E-state index in [2.05, 4.69) is 25.4 Å². The number of carbonyl (C=O) groups excluding carboxylic acids is 1. The van der Waals surface area contributed by atoms with Crippen LogP contribution >= 0.6 is 0 Å². The molecule has 0 atom stereocenters. The quantitative estimate of drug-likeness (QED) is 0.597. The summed E-state index contributed by atoms with van der Waals surface area (Å²) in [6.45, 7) is 0. The zero-order valence-electron chi connectivity index (χ0n) is 13.8. The van der Waals surface area contributed by atoms with Crippen molar-refractivity contribution in [1.29, 1.82) is 0 Å². The number of nitrogens with one attached hydrogen (secondary N) is 1. The molecule has 27 heavy (non-hydrogen) atoms. The minimum atomic E-state index is -0.375. The molecule has 2 aromatic heterocycles. The second kappa shape index (κ2) is 7.12. The first kappa shape index (κ1) is 16.5. The van der Waals surface area contributed by atoms with Crippen LogP contribution in [0.2, 0.25) is 0 Å². The van der Waals surface area contributed by atoms with Crippen molar-refractivity contribution in [3.63, 3.8) is 0 Å². The molecule has 0 bridgehead atoms. The predicted molar refractivity (Wildman–Crippen MR) is 95.1 cm³/mol. The van der Waals surface area contributed by atoms with Crippen molar-refractivity contribution in [2.45, 2.75) is 0 Å².